The van der Waals surface area contributed by atoms with Crippen molar-refractivity contribution in [3.8, 4) is 6.01 Å². The summed E-state index contributed by atoms with van der Waals surface area (Å²) in [5.74, 6) is -0.367. The van der Waals surface area contributed by atoms with Crippen LogP contribution in [0.1, 0.15) is 44.2 Å². The number of hydrogen-bond acceptors (Lipinski definition) is 6. The van der Waals surface area contributed by atoms with E-state index in [1.807, 2.05) is 31.2 Å². The molecule has 5 rings (SSSR count). The van der Waals surface area contributed by atoms with Gasteiger partial charge in [-0.3, -0.25) is 14.3 Å². The van der Waals surface area contributed by atoms with Crippen molar-refractivity contribution in [3.63, 3.8) is 0 Å². The maximum absolute atomic E-state index is 15.8. The van der Waals surface area contributed by atoms with Gasteiger partial charge in [0, 0.05) is 62.8 Å². The summed E-state index contributed by atoms with van der Waals surface area (Å²) in [5.41, 5.74) is 0.993. The lowest BCUT2D eigenvalue weighted by Crippen LogP contribution is -2.53. The van der Waals surface area contributed by atoms with Crippen LogP contribution in [0.25, 0.3) is 11.0 Å². The Bertz CT molecular complexity index is 1170. The number of fused-ring (bicyclic) bond motifs is 1. The second-order valence-corrected chi connectivity index (χ2v) is 9.78. The number of imidazole rings is 1. The van der Waals surface area contributed by atoms with Crippen LogP contribution in [0.5, 0.6) is 6.01 Å². The number of carbonyl (C=O) groups is 1. The average Bonchev–Trinajstić information content (AvgIpc) is 3.23. The number of halogens is 2. The van der Waals surface area contributed by atoms with Gasteiger partial charge in [-0.05, 0) is 49.6 Å². The number of benzene rings is 1. The van der Waals surface area contributed by atoms with Crippen LogP contribution in [0.15, 0.2) is 36.7 Å². The minimum Gasteiger partial charge on any atom is -0.465 e. The molecule has 1 amide bonds. The smallest absolute Gasteiger partial charge is 0.297 e. The largest absolute Gasteiger partial charge is 0.465 e. The van der Waals surface area contributed by atoms with Crippen LogP contribution in [0.4, 0.5) is 4.39 Å². The van der Waals surface area contributed by atoms with Crippen LogP contribution in [0.2, 0.25) is 5.02 Å². The van der Waals surface area contributed by atoms with Crippen LogP contribution in [-0.4, -0.2) is 73.9 Å². The van der Waals surface area contributed by atoms with Gasteiger partial charge in [-0.15, -0.1) is 0 Å². The van der Waals surface area contributed by atoms with E-state index in [2.05, 4.69) is 24.6 Å². The number of likely N-dealkylation sites (tertiary alicyclic amines) is 2. The van der Waals surface area contributed by atoms with Crippen molar-refractivity contribution in [1.82, 2.24) is 29.5 Å². The molecular weight excluding hydrogens is 471 g/mol. The highest BCUT2D eigenvalue weighted by atomic mass is 35.5. The summed E-state index contributed by atoms with van der Waals surface area (Å²) < 4.78 is 23.7. The number of nitrogens with zero attached hydrogens (tertiary/aromatic N) is 6. The zero-order valence-electron chi connectivity index (χ0n) is 19.9. The zero-order chi connectivity index (χ0) is 24.4. The molecule has 0 unspecified atom stereocenters. The second kappa shape index (κ2) is 10.1. The molecule has 8 nitrogen and oxygen atoms in total. The van der Waals surface area contributed by atoms with E-state index in [4.69, 9.17) is 16.3 Å². The molecule has 4 heterocycles. The summed E-state index contributed by atoms with van der Waals surface area (Å²) >= 11 is 6.16. The summed E-state index contributed by atoms with van der Waals surface area (Å²) in [7, 11) is 0. The fourth-order valence-electron chi connectivity index (χ4n) is 5.19. The van der Waals surface area contributed by atoms with Crippen molar-refractivity contribution in [2.45, 2.75) is 50.9 Å². The zero-order valence-corrected chi connectivity index (χ0v) is 20.6. The maximum atomic E-state index is 15.8. The van der Waals surface area contributed by atoms with Gasteiger partial charge in [-0.25, -0.2) is 4.39 Å². The van der Waals surface area contributed by atoms with E-state index in [1.165, 1.54) is 0 Å². The van der Waals surface area contributed by atoms with E-state index in [0.29, 0.717) is 50.4 Å². The van der Waals surface area contributed by atoms with Crippen LogP contribution in [-0.2, 0) is 11.3 Å². The second-order valence-electron chi connectivity index (χ2n) is 9.35. The van der Waals surface area contributed by atoms with Crippen molar-refractivity contribution in [2.75, 3.05) is 32.8 Å². The fourth-order valence-corrected chi connectivity index (χ4v) is 5.36. The van der Waals surface area contributed by atoms with E-state index >= 15 is 4.39 Å². The lowest BCUT2D eigenvalue weighted by atomic mass is 9.90. The molecule has 1 aromatic carbocycles. The predicted molar refractivity (Wildman–Crippen MR) is 131 cm³/mol. The summed E-state index contributed by atoms with van der Waals surface area (Å²) in [4.78, 5) is 21.7. The molecule has 3 aromatic rings. The van der Waals surface area contributed by atoms with Crippen molar-refractivity contribution in [3.05, 3.63) is 47.2 Å². The SMILES string of the molecule is CCOc1nc2cc(Cl)ccc2n1C1CCN(C(=O)C2(F)CCN(Cc3ccnnc3)CC2)CC1. The van der Waals surface area contributed by atoms with E-state index in [9.17, 15) is 4.79 Å². The van der Waals surface area contributed by atoms with Crippen molar-refractivity contribution >= 4 is 28.5 Å². The van der Waals surface area contributed by atoms with Gasteiger partial charge < -0.3 is 9.64 Å². The molecule has 0 aliphatic carbocycles. The van der Waals surface area contributed by atoms with Gasteiger partial charge in [0.1, 0.15) is 0 Å². The number of piperidine rings is 2. The van der Waals surface area contributed by atoms with Crippen LogP contribution in [0, 0.1) is 0 Å². The van der Waals surface area contributed by atoms with Crippen LogP contribution >= 0.6 is 11.6 Å². The molecule has 2 aliphatic rings. The molecule has 0 radical (unpaired) electrons. The highest BCUT2D eigenvalue weighted by Crippen LogP contribution is 2.35. The van der Waals surface area contributed by atoms with Gasteiger partial charge in [-0.1, -0.05) is 11.6 Å². The Kier molecular flexibility index (Phi) is 6.88. The van der Waals surface area contributed by atoms with E-state index in [1.54, 1.807) is 17.3 Å². The third kappa shape index (κ3) is 4.97. The third-order valence-electron chi connectivity index (χ3n) is 7.09. The first-order valence-corrected chi connectivity index (χ1v) is 12.6. The average molecular weight is 501 g/mol. The molecule has 2 aliphatic heterocycles. The lowest BCUT2D eigenvalue weighted by Gasteiger charge is -2.40. The number of alkyl halides is 1. The Morgan fingerprint density at radius 2 is 1.94 bits per heavy atom. The highest BCUT2D eigenvalue weighted by molar-refractivity contribution is 6.31. The van der Waals surface area contributed by atoms with Gasteiger partial charge in [0.05, 0.1) is 23.8 Å². The Morgan fingerprint density at radius 1 is 1.17 bits per heavy atom. The quantitative estimate of drug-likeness (QED) is 0.508. The normalized spacial score (nSPS) is 19.2. The molecule has 0 bridgehead atoms. The first kappa shape index (κ1) is 23.9. The van der Waals surface area contributed by atoms with Crippen LogP contribution in [0.3, 0.4) is 0 Å². The highest BCUT2D eigenvalue weighted by Gasteiger charge is 2.45. The van der Waals surface area contributed by atoms with Crippen molar-refractivity contribution in [2.24, 2.45) is 0 Å². The Balaban J connectivity index is 1.21. The molecule has 0 N–H and O–H groups in total. The van der Waals surface area contributed by atoms with E-state index in [0.717, 1.165) is 29.4 Å². The van der Waals surface area contributed by atoms with Crippen molar-refractivity contribution in [1.29, 1.82) is 0 Å². The van der Waals surface area contributed by atoms with Gasteiger partial charge in [0.15, 0.2) is 5.67 Å². The number of rotatable bonds is 6. The number of carbonyl (C=O) groups excluding carboxylic acids is 1. The maximum Gasteiger partial charge on any atom is 0.297 e. The molecular formula is C25H30ClFN6O2. The minimum atomic E-state index is -1.80. The van der Waals surface area contributed by atoms with Gasteiger partial charge >= 0.3 is 0 Å². The van der Waals surface area contributed by atoms with Crippen molar-refractivity contribution < 1.29 is 13.9 Å². The Labute approximate surface area is 209 Å². The standard InChI is InChI=1S/C25H30ClFN6O2/c1-2-35-24-30-21-15-19(26)3-4-22(21)33(24)20-6-11-32(12-7-20)23(34)25(27)8-13-31(14-9-25)17-18-5-10-28-29-16-18/h3-5,10,15-16,20H,2,6-9,11-14,17H2,1H3. The Morgan fingerprint density at radius 3 is 2.63 bits per heavy atom. The molecule has 2 saturated heterocycles. The summed E-state index contributed by atoms with van der Waals surface area (Å²) in [5, 5.41) is 8.32. The third-order valence-corrected chi connectivity index (χ3v) is 7.33. The predicted octanol–water partition coefficient (Wildman–Crippen LogP) is 4.05. The number of amides is 1. The first-order valence-electron chi connectivity index (χ1n) is 12.2. The molecule has 0 atom stereocenters. The monoisotopic (exact) mass is 500 g/mol. The molecule has 10 heteroatoms. The number of hydrogen-bond donors (Lipinski definition) is 0. The molecule has 35 heavy (non-hydrogen) atoms. The van der Waals surface area contributed by atoms with Gasteiger partial charge in [0.25, 0.3) is 11.9 Å². The topological polar surface area (TPSA) is 76.4 Å². The summed E-state index contributed by atoms with van der Waals surface area (Å²) in [6.07, 6.45) is 5.25. The lowest BCUT2D eigenvalue weighted by molar-refractivity contribution is -0.148. The summed E-state index contributed by atoms with van der Waals surface area (Å²) in [6.45, 7) is 5.24. The summed E-state index contributed by atoms with van der Waals surface area (Å²) in [6, 6.07) is 8.23. The molecule has 2 fully saturated rings. The Hall–Kier alpha value is -2.78. The van der Waals surface area contributed by atoms with Crippen LogP contribution < -0.4 is 4.74 Å². The first-order chi connectivity index (χ1) is 17.0. The van der Waals surface area contributed by atoms with E-state index in [-0.39, 0.29) is 24.8 Å². The fraction of sp³-hybridized carbons (Fsp3) is 0.520. The van der Waals surface area contributed by atoms with Gasteiger partial charge in [0.2, 0.25) is 0 Å². The molecule has 0 spiro atoms. The number of aromatic nitrogens is 4. The molecule has 0 saturated carbocycles. The number of ether oxygens (including phenoxy) is 1. The molecule has 186 valence electrons. The minimum absolute atomic E-state index is 0.123. The van der Waals surface area contributed by atoms with E-state index < -0.39 is 5.67 Å². The van der Waals surface area contributed by atoms with Gasteiger partial charge in [-0.2, -0.15) is 15.2 Å². The molecule has 2 aromatic heterocycles.